The molecule has 3 aromatic rings. The van der Waals surface area contributed by atoms with Gasteiger partial charge >= 0.3 is 5.97 Å². The minimum absolute atomic E-state index is 0.0629. The summed E-state index contributed by atoms with van der Waals surface area (Å²) in [5, 5.41) is 11.8. The van der Waals surface area contributed by atoms with Gasteiger partial charge < -0.3 is 20.6 Å². The van der Waals surface area contributed by atoms with Gasteiger partial charge in [0.05, 0.1) is 5.02 Å². The van der Waals surface area contributed by atoms with Crippen LogP contribution in [-0.4, -0.2) is 73.0 Å². The molecule has 38 heavy (non-hydrogen) atoms. The van der Waals surface area contributed by atoms with E-state index in [9.17, 15) is 23.1 Å². The number of nitrogens with two attached hydrogens (primary N) is 1. The minimum atomic E-state index is -4.14. The van der Waals surface area contributed by atoms with Crippen molar-refractivity contribution in [3.05, 3.63) is 52.8 Å². The molecule has 1 fully saturated rings. The number of carboxylic acids is 1. The van der Waals surface area contributed by atoms with Crippen molar-refractivity contribution in [1.29, 1.82) is 0 Å². The minimum Gasteiger partial charge on any atom is -0.480 e. The quantitative estimate of drug-likeness (QED) is 0.356. The summed E-state index contributed by atoms with van der Waals surface area (Å²) in [5.41, 5.74) is 7.68. The zero-order valence-electron chi connectivity index (χ0n) is 21.2. The number of aryl methyl sites for hydroxylation is 1. The maximum absolute atomic E-state index is 13.2. The molecule has 1 aliphatic rings. The molecular weight excluding hydrogens is 532 g/mol. The number of fused-ring (bicyclic) bond motifs is 1. The third kappa shape index (κ3) is 5.38. The second-order valence-corrected chi connectivity index (χ2v) is 11.4. The van der Waals surface area contributed by atoms with Crippen LogP contribution in [0.5, 0.6) is 0 Å². The maximum Gasteiger partial charge on any atom is 0.326 e. The number of anilines is 2. The molecule has 0 unspecified atom stereocenters. The van der Waals surface area contributed by atoms with Gasteiger partial charge in [-0.2, -0.15) is 4.72 Å². The second kappa shape index (κ2) is 10.7. The molecule has 0 saturated carbocycles. The predicted octanol–water partition coefficient (Wildman–Crippen LogP) is 2.07. The lowest BCUT2D eigenvalue weighted by Gasteiger charge is -2.26. The number of carbonyl (C=O) groups is 2. The lowest BCUT2D eigenvalue weighted by Crippen LogP contribution is -2.48. The lowest BCUT2D eigenvalue weighted by molar-refractivity contribution is -0.148. The first-order chi connectivity index (χ1) is 17.9. The van der Waals surface area contributed by atoms with Gasteiger partial charge in [-0.15, -0.1) is 0 Å². The SMILES string of the molecule is CCc1cc2c(N)nccc2cc1C[C@H](C(=O)O)N1CC[C@H](NS(=O)(=O)c2cnc(N(C)C)c(Cl)c2)C1=O. The van der Waals surface area contributed by atoms with Crippen LogP contribution in [0.15, 0.2) is 41.6 Å². The molecule has 2 atom stereocenters. The van der Waals surface area contributed by atoms with Crippen LogP contribution < -0.4 is 15.4 Å². The highest BCUT2D eigenvalue weighted by Crippen LogP contribution is 2.28. The van der Waals surface area contributed by atoms with Crippen molar-refractivity contribution >= 4 is 55.9 Å². The highest BCUT2D eigenvalue weighted by atomic mass is 35.5. The number of benzene rings is 1. The summed E-state index contributed by atoms with van der Waals surface area (Å²) in [6, 6.07) is 4.55. The molecule has 11 nitrogen and oxygen atoms in total. The summed E-state index contributed by atoms with van der Waals surface area (Å²) in [6.45, 7) is 2.04. The van der Waals surface area contributed by atoms with Gasteiger partial charge in [0.1, 0.15) is 28.6 Å². The summed E-state index contributed by atoms with van der Waals surface area (Å²) < 4.78 is 28.3. The number of hydrogen-bond acceptors (Lipinski definition) is 8. The van der Waals surface area contributed by atoms with Crippen molar-refractivity contribution in [1.82, 2.24) is 19.6 Å². The highest BCUT2D eigenvalue weighted by molar-refractivity contribution is 7.89. The van der Waals surface area contributed by atoms with Gasteiger partial charge in [0, 0.05) is 44.8 Å². The van der Waals surface area contributed by atoms with E-state index < -0.39 is 34.0 Å². The number of carbonyl (C=O) groups excluding carboxylic acids is 1. The van der Waals surface area contributed by atoms with E-state index in [-0.39, 0.29) is 29.3 Å². The molecule has 202 valence electrons. The Bertz CT molecular complexity index is 1510. The fourth-order valence-corrected chi connectivity index (χ4v) is 6.25. The van der Waals surface area contributed by atoms with Gasteiger partial charge in [0.15, 0.2) is 0 Å². The van der Waals surface area contributed by atoms with E-state index in [0.29, 0.717) is 18.1 Å². The van der Waals surface area contributed by atoms with Crippen LogP contribution in [0.25, 0.3) is 10.8 Å². The molecule has 13 heteroatoms. The Morgan fingerprint density at radius 3 is 2.66 bits per heavy atom. The van der Waals surface area contributed by atoms with Crippen molar-refractivity contribution in [2.24, 2.45) is 0 Å². The summed E-state index contributed by atoms with van der Waals surface area (Å²) in [6.07, 6.45) is 3.56. The van der Waals surface area contributed by atoms with Crippen molar-refractivity contribution < 1.29 is 23.1 Å². The van der Waals surface area contributed by atoms with Crippen LogP contribution in [0.1, 0.15) is 24.5 Å². The standard InChI is InChI=1S/C25H29ClN6O5S/c1-4-14-10-18-15(5-7-28-22(18)27)9-16(14)11-21(25(34)35)32-8-6-20(24(32)33)30-38(36,37)17-12-19(26)23(29-13-17)31(2)3/h5,7,9-10,12-13,20-21,30H,4,6,8,11H2,1-3H3,(H2,27,28)(H,34,35)/t20-,21+/m0/s1. The molecule has 4 rings (SSSR count). The van der Waals surface area contributed by atoms with Crippen LogP contribution in [0.3, 0.4) is 0 Å². The molecule has 0 spiro atoms. The topological polar surface area (TPSA) is 159 Å². The highest BCUT2D eigenvalue weighted by Gasteiger charge is 2.41. The Morgan fingerprint density at radius 2 is 2.03 bits per heavy atom. The van der Waals surface area contributed by atoms with Crippen LogP contribution in [-0.2, 0) is 32.5 Å². The predicted molar refractivity (Wildman–Crippen MR) is 145 cm³/mol. The molecule has 1 saturated heterocycles. The number of nitrogen functional groups attached to an aromatic ring is 1. The monoisotopic (exact) mass is 560 g/mol. The van der Waals surface area contributed by atoms with Crippen LogP contribution >= 0.6 is 11.6 Å². The molecular formula is C25H29ClN6O5S. The van der Waals surface area contributed by atoms with E-state index in [2.05, 4.69) is 14.7 Å². The van der Waals surface area contributed by atoms with E-state index >= 15 is 0 Å². The Kier molecular flexibility index (Phi) is 7.77. The Labute approximate surface area is 225 Å². The molecule has 1 aromatic carbocycles. The van der Waals surface area contributed by atoms with Crippen molar-refractivity contribution in [3.63, 3.8) is 0 Å². The molecule has 0 radical (unpaired) electrons. The number of halogens is 1. The Morgan fingerprint density at radius 1 is 1.29 bits per heavy atom. The molecule has 3 heterocycles. The van der Waals surface area contributed by atoms with Crippen molar-refractivity contribution in [3.8, 4) is 0 Å². The zero-order chi connectivity index (χ0) is 27.8. The third-order valence-electron chi connectivity index (χ3n) is 6.64. The number of nitrogens with zero attached hydrogens (tertiary/aromatic N) is 4. The Balaban J connectivity index is 1.56. The summed E-state index contributed by atoms with van der Waals surface area (Å²) in [4.78, 5) is 36.4. The average molecular weight is 561 g/mol. The van der Waals surface area contributed by atoms with E-state index in [0.717, 1.165) is 28.1 Å². The molecule has 4 N–H and O–H groups in total. The molecule has 1 aliphatic heterocycles. The third-order valence-corrected chi connectivity index (χ3v) is 8.36. The summed E-state index contributed by atoms with van der Waals surface area (Å²) in [7, 11) is -0.694. The number of amides is 1. The number of carboxylic acid groups (broad SMARTS) is 1. The van der Waals surface area contributed by atoms with E-state index in [1.165, 1.54) is 11.0 Å². The lowest BCUT2D eigenvalue weighted by atomic mass is 9.94. The van der Waals surface area contributed by atoms with E-state index in [1.807, 2.05) is 19.1 Å². The zero-order valence-corrected chi connectivity index (χ0v) is 22.8. The number of sulfonamides is 1. The first kappa shape index (κ1) is 27.6. The fourth-order valence-electron chi connectivity index (χ4n) is 4.66. The molecule has 2 aromatic heterocycles. The molecule has 0 bridgehead atoms. The van der Waals surface area contributed by atoms with Gasteiger partial charge in [0.2, 0.25) is 15.9 Å². The van der Waals surface area contributed by atoms with Gasteiger partial charge in [-0.05, 0) is 47.6 Å². The normalized spacial score (nSPS) is 16.7. The van der Waals surface area contributed by atoms with Gasteiger partial charge in [0.25, 0.3) is 0 Å². The van der Waals surface area contributed by atoms with Crippen LogP contribution in [0.2, 0.25) is 5.02 Å². The Hall–Kier alpha value is -3.48. The number of pyridine rings is 2. The fraction of sp³-hybridized carbons (Fsp3) is 0.360. The van der Waals surface area contributed by atoms with Crippen LogP contribution in [0.4, 0.5) is 11.6 Å². The second-order valence-electron chi connectivity index (χ2n) is 9.32. The van der Waals surface area contributed by atoms with Gasteiger partial charge in [-0.1, -0.05) is 24.6 Å². The number of likely N-dealkylation sites (tertiary alicyclic amines) is 1. The smallest absolute Gasteiger partial charge is 0.326 e. The number of aromatic nitrogens is 2. The molecule has 0 aliphatic carbocycles. The molecule has 1 amide bonds. The van der Waals surface area contributed by atoms with Crippen LogP contribution in [0, 0.1) is 0 Å². The van der Waals surface area contributed by atoms with E-state index in [4.69, 9.17) is 17.3 Å². The first-order valence-electron chi connectivity index (χ1n) is 12.0. The first-order valence-corrected chi connectivity index (χ1v) is 13.8. The van der Waals surface area contributed by atoms with Crippen molar-refractivity contribution in [2.45, 2.75) is 43.2 Å². The van der Waals surface area contributed by atoms with Gasteiger partial charge in [-0.3, -0.25) is 4.79 Å². The van der Waals surface area contributed by atoms with Crippen molar-refractivity contribution in [2.75, 3.05) is 31.3 Å². The average Bonchev–Trinajstić information content (AvgIpc) is 3.20. The van der Waals surface area contributed by atoms with E-state index in [1.54, 1.807) is 31.3 Å². The summed E-state index contributed by atoms with van der Waals surface area (Å²) >= 11 is 6.17. The number of rotatable bonds is 9. The number of nitrogens with one attached hydrogen (secondary N) is 1. The largest absolute Gasteiger partial charge is 0.480 e. The summed E-state index contributed by atoms with van der Waals surface area (Å²) in [5.74, 6) is -0.987. The number of aliphatic carboxylic acids is 1. The number of hydrogen-bond donors (Lipinski definition) is 3. The maximum atomic E-state index is 13.2. The van der Waals surface area contributed by atoms with Gasteiger partial charge in [-0.25, -0.2) is 23.2 Å².